The first-order chi connectivity index (χ1) is 9.68. The van der Waals surface area contributed by atoms with Crippen molar-refractivity contribution in [2.24, 2.45) is 11.8 Å². The Hall–Kier alpha value is -2.17. The Labute approximate surface area is 116 Å². The molecule has 1 aromatic carbocycles. The molecule has 4 amide bonds. The molecule has 1 saturated heterocycles. The van der Waals surface area contributed by atoms with Gasteiger partial charge in [0.2, 0.25) is 11.8 Å². The third-order valence-electron chi connectivity index (χ3n) is 4.09. The number of hydrogen-bond donors (Lipinski definition) is 1. The first-order valence-electron chi connectivity index (χ1n) is 6.92. The molecule has 5 nitrogen and oxygen atoms in total. The number of hydrogen-bond acceptors (Lipinski definition) is 3. The molecule has 1 heterocycles. The number of nitrogens with one attached hydrogen (secondary N) is 1. The predicted octanol–water partition coefficient (Wildman–Crippen LogP) is 2.08. The third kappa shape index (κ3) is 2.09. The van der Waals surface area contributed by atoms with Crippen LogP contribution in [0.3, 0.4) is 0 Å². The van der Waals surface area contributed by atoms with Gasteiger partial charge in [-0.1, -0.05) is 31.0 Å². The van der Waals surface area contributed by atoms with E-state index in [0.29, 0.717) is 5.69 Å². The number of benzene rings is 1. The lowest BCUT2D eigenvalue weighted by molar-refractivity contribution is -0.136. The highest BCUT2D eigenvalue weighted by Gasteiger charge is 2.45. The Morgan fingerprint density at radius 1 is 1.00 bits per heavy atom. The van der Waals surface area contributed by atoms with E-state index in [9.17, 15) is 14.4 Å². The molecule has 1 saturated carbocycles. The van der Waals surface area contributed by atoms with Crippen LogP contribution in [0.2, 0.25) is 0 Å². The normalized spacial score (nSPS) is 24.1. The number of imide groups is 2. The lowest BCUT2D eigenvalue weighted by atomic mass is 9.87. The summed E-state index contributed by atoms with van der Waals surface area (Å²) in [6, 6.07) is 8.07. The van der Waals surface area contributed by atoms with E-state index in [4.69, 9.17) is 0 Å². The highest BCUT2D eigenvalue weighted by atomic mass is 16.2. The Balaban J connectivity index is 1.92. The second-order valence-corrected chi connectivity index (χ2v) is 5.33. The Morgan fingerprint density at radius 3 is 2.30 bits per heavy atom. The van der Waals surface area contributed by atoms with Crippen LogP contribution in [-0.4, -0.2) is 17.8 Å². The molecule has 1 aliphatic carbocycles. The molecule has 0 bridgehead atoms. The van der Waals surface area contributed by atoms with Gasteiger partial charge in [0.05, 0.1) is 5.69 Å². The van der Waals surface area contributed by atoms with Gasteiger partial charge in [-0.3, -0.25) is 14.9 Å². The van der Waals surface area contributed by atoms with Gasteiger partial charge in [0.1, 0.15) is 5.92 Å². The maximum atomic E-state index is 12.6. The first-order valence-corrected chi connectivity index (χ1v) is 6.92. The summed E-state index contributed by atoms with van der Waals surface area (Å²) < 4.78 is 0. The van der Waals surface area contributed by atoms with Gasteiger partial charge in [-0.2, -0.15) is 0 Å². The summed E-state index contributed by atoms with van der Waals surface area (Å²) >= 11 is 0. The molecule has 0 spiro atoms. The van der Waals surface area contributed by atoms with Crippen LogP contribution in [0.5, 0.6) is 0 Å². The van der Waals surface area contributed by atoms with Crippen molar-refractivity contribution in [3.63, 3.8) is 0 Å². The summed E-state index contributed by atoms with van der Waals surface area (Å²) in [5.74, 6) is -1.51. The van der Waals surface area contributed by atoms with Crippen molar-refractivity contribution in [2.45, 2.75) is 25.7 Å². The van der Waals surface area contributed by atoms with E-state index in [1.54, 1.807) is 24.3 Å². The number of carbonyl (C=O) groups is 3. The van der Waals surface area contributed by atoms with Crippen LogP contribution in [0.15, 0.2) is 30.3 Å². The number of rotatable bonds is 2. The van der Waals surface area contributed by atoms with Crippen LogP contribution in [-0.2, 0) is 9.59 Å². The molecule has 2 fully saturated rings. The van der Waals surface area contributed by atoms with E-state index in [1.807, 2.05) is 6.07 Å². The molecule has 1 aliphatic heterocycles. The van der Waals surface area contributed by atoms with Crippen molar-refractivity contribution >= 4 is 23.5 Å². The minimum absolute atomic E-state index is 0.0572. The van der Waals surface area contributed by atoms with Crippen LogP contribution in [0.1, 0.15) is 25.7 Å². The van der Waals surface area contributed by atoms with Crippen LogP contribution in [0.4, 0.5) is 10.5 Å². The van der Waals surface area contributed by atoms with Gasteiger partial charge in [0, 0.05) is 0 Å². The van der Waals surface area contributed by atoms with Crippen molar-refractivity contribution in [2.75, 3.05) is 4.90 Å². The maximum Gasteiger partial charge on any atom is 0.335 e. The second kappa shape index (κ2) is 5.07. The summed E-state index contributed by atoms with van der Waals surface area (Å²) in [5.41, 5.74) is 0.505. The SMILES string of the molecule is O=C1NC(=O)N(c2ccccc2)C(=O)C1C1CCCC1. The standard InChI is InChI=1S/C15H16N2O3/c18-13-12(10-6-4-5-7-10)14(19)17(15(20)16-13)11-8-2-1-3-9-11/h1-3,8-10,12H,4-7H2,(H,16,18,20). The van der Waals surface area contributed by atoms with Gasteiger partial charge in [-0.05, 0) is 30.9 Å². The summed E-state index contributed by atoms with van der Waals surface area (Å²) in [5, 5.41) is 2.31. The van der Waals surface area contributed by atoms with E-state index in [1.165, 1.54) is 0 Å². The van der Waals surface area contributed by atoms with E-state index in [0.717, 1.165) is 30.6 Å². The van der Waals surface area contributed by atoms with Crippen LogP contribution < -0.4 is 10.2 Å². The van der Waals surface area contributed by atoms with Crippen molar-refractivity contribution < 1.29 is 14.4 Å². The predicted molar refractivity (Wildman–Crippen MR) is 72.9 cm³/mol. The Kier molecular flexibility index (Phi) is 3.26. The molecule has 2 aliphatic rings. The second-order valence-electron chi connectivity index (χ2n) is 5.33. The average Bonchev–Trinajstić information content (AvgIpc) is 2.93. The summed E-state index contributed by atoms with van der Waals surface area (Å²) in [4.78, 5) is 37.6. The van der Waals surface area contributed by atoms with Gasteiger partial charge in [-0.15, -0.1) is 0 Å². The van der Waals surface area contributed by atoms with E-state index in [-0.39, 0.29) is 5.92 Å². The highest BCUT2D eigenvalue weighted by Crippen LogP contribution is 2.34. The Bertz CT molecular complexity index is 549. The fourth-order valence-electron chi connectivity index (χ4n) is 3.12. The molecule has 1 N–H and O–H groups in total. The zero-order valence-corrected chi connectivity index (χ0v) is 11.0. The van der Waals surface area contributed by atoms with Gasteiger partial charge >= 0.3 is 6.03 Å². The van der Waals surface area contributed by atoms with E-state index < -0.39 is 23.8 Å². The number of amides is 4. The van der Waals surface area contributed by atoms with Crippen molar-refractivity contribution in [3.05, 3.63) is 30.3 Å². The fraction of sp³-hybridized carbons (Fsp3) is 0.400. The molecule has 1 unspecified atom stereocenters. The lowest BCUT2D eigenvalue weighted by Gasteiger charge is -2.32. The number of carbonyl (C=O) groups excluding carboxylic acids is 3. The first kappa shape index (κ1) is 12.8. The van der Waals surface area contributed by atoms with Gasteiger partial charge in [0.25, 0.3) is 0 Å². The molecule has 1 aromatic rings. The number of anilines is 1. The summed E-state index contributed by atoms with van der Waals surface area (Å²) in [6.07, 6.45) is 3.84. The summed E-state index contributed by atoms with van der Waals surface area (Å²) in [7, 11) is 0. The van der Waals surface area contributed by atoms with Crippen LogP contribution in [0, 0.1) is 11.8 Å². The van der Waals surface area contributed by atoms with Gasteiger partial charge in [0.15, 0.2) is 0 Å². The van der Waals surface area contributed by atoms with Gasteiger partial charge in [-0.25, -0.2) is 9.69 Å². The largest absolute Gasteiger partial charge is 0.335 e. The molecule has 20 heavy (non-hydrogen) atoms. The Morgan fingerprint density at radius 2 is 1.65 bits per heavy atom. The number of barbiturate groups is 1. The third-order valence-corrected chi connectivity index (χ3v) is 4.09. The fourth-order valence-corrected chi connectivity index (χ4v) is 3.12. The molecule has 0 radical (unpaired) electrons. The molecule has 3 rings (SSSR count). The highest BCUT2D eigenvalue weighted by molar-refractivity contribution is 6.27. The molecule has 0 aromatic heterocycles. The smallest absolute Gasteiger partial charge is 0.277 e. The molecular weight excluding hydrogens is 256 g/mol. The molecule has 1 atom stereocenters. The monoisotopic (exact) mass is 272 g/mol. The number of nitrogens with zero attached hydrogens (tertiary/aromatic N) is 1. The number of urea groups is 1. The zero-order chi connectivity index (χ0) is 14.1. The molecule has 5 heteroatoms. The van der Waals surface area contributed by atoms with E-state index in [2.05, 4.69) is 5.32 Å². The zero-order valence-electron chi connectivity index (χ0n) is 11.0. The quantitative estimate of drug-likeness (QED) is 0.838. The van der Waals surface area contributed by atoms with Crippen molar-refractivity contribution in [1.82, 2.24) is 5.32 Å². The van der Waals surface area contributed by atoms with Gasteiger partial charge < -0.3 is 0 Å². The summed E-state index contributed by atoms with van der Waals surface area (Å²) in [6.45, 7) is 0. The molecule has 104 valence electrons. The van der Waals surface area contributed by atoms with Crippen molar-refractivity contribution in [3.8, 4) is 0 Å². The topological polar surface area (TPSA) is 66.5 Å². The van der Waals surface area contributed by atoms with Crippen molar-refractivity contribution in [1.29, 1.82) is 0 Å². The van der Waals surface area contributed by atoms with Crippen LogP contribution in [0.25, 0.3) is 0 Å². The maximum absolute atomic E-state index is 12.6. The number of para-hydroxylation sites is 1. The lowest BCUT2D eigenvalue weighted by Crippen LogP contribution is -2.59. The van der Waals surface area contributed by atoms with Crippen LogP contribution >= 0.6 is 0 Å². The minimum Gasteiger partial charge on any atom is -0.277 e. The minimum atomic E-state index is -0.726. The molecular formula is C15H16N2O3. The average molecular weight is 272 g/mol. The van der Waals surface area contributed by atoms with E-state index >= 15 is 0 Å².